The molecule has 0 saturated carbocycles. The Kier molecular flexibility index (Phi) is 4.39. The summed E-state index contributed by atoms with van der Waals surface area (Å²) >= 11 is 0. The van der Waals surface area contributed by atoms with Crippen LogP contribution < -0.4 is 0 Å². The van der Waals surface area contributed by atoms with Crippen LogP contribution in [0.15, 0.2) is 48.5 Å². The molecule has 0 spiro atoms. The second kappa shape index (κ2) is 6.03. The van der Waals surface area contributed by atoms with Gasteiger partial charge in [-0.05, 0) is 47.6 Å². The van der Waals surface area contributed by atoms with E-state index < -0.39 is 6.10 Å². The predicted octanol–water partition coefficient (Wildman–Crippen LogP) is 4.92. The minimum Gasteiger partial charge on any atom is -0.389 e. The van der Waals surface area contributed by atoms with Crippen LogP contribution in [0.4, 0.5) is 0 Å². The van der Waals surface area contributed by atoms with Crippen molar-refractivity contribution in [1.29, 1.82) is 0 Å². The zero-order valence-electron chi connectivity index (χ0n) is 11.9. The zero-order valence-corrected chi connectivity index (χ0v) is 11.9. The lowest BCUT2D eigenvalue weighted by molar-refractivity contribution is 0.199. The van der Waals surface area contributed by atoms with Crippen LogP contribution in [0.3, 0.4) is 0 Å². The molecule has 0 heterocycles. The fourth-order valence-electron chi connectivity index (χ4n) is 2.22. The van der Waals surface area contributed by atoms with Gasteiger partial charge in [0.15, 0.2) is 0 Å². The molecule has 1 N–H and O–H groups in total. The Morgan fingerprint density at radius 1 is 0.895 bits per heavy atom. The molecule has 0 amide bonds. The Morgan fingerprint density at radius 2 is 1.58 bits per heavy atom. The molecule has 2 unspecified atom stereocenters. The van der Waals surface area contributed by atoms with Gasteiger partial charge in [0.2, 0.25) is 0 Å². The summed E-state index contributed by atoms with van der Waals surface area (Å²) in [5.74, 6) is 0.609. The Bertz CT molecular complexity index is 526. The minimum atomic E-state index is -0.417. The molecule has 19 heavy (non-hydrogen) atoms. The van der Waals surface area contributed by atoms with Crippen LogP contribution in [-0.2, 0) is 0 Å². The van der Waals surface area contributed by atoms with Gasteiger partial charge in [-0.25, -0.2) is 0 Å². The number of hydrogen-bond acceptors (Lipinski definition) is 1. The van der Waals surface area contributed by atoms with E-state index in [4.69, 9.17) is 0 Å². The average molecular weight is 254 g/mol. The van der Waals surface area contributed by atoms with E-state index in [9.17, 15) is 5.11 Å². The quantitative estimate of drug-likeness (QED) is 0.821. The van der Waals surface area contributed by atoms with Crippen molar-refractivity contribution in [2.24, 2.45) is 0 Å². The molecule has 0 aliphatic heterocycles. The predicted molar refractivity (Wildman–Crippen MR) is 81.2 cm³/mol. The maximum absolute atomic E-state index is 9.64. The van der Waals surface area contributed by atoms with Gasteiger partial charge in [-0.2, -0.15) is 0 Å². The Hall–Kier alpha value is -1.60. The van der Waals surface area contributed by atoms with Gasteiger partial charge in [0.1, 0.15) is 0 Å². The molecule has 0 bridgehead atoms. The fraction of sp³-hybridized carbons (Fsp3) is 0.333. The molecule has 1 heteroatoms. The topological polar surface area (TPSA) is 20.2 Å². The van der Waals surface area contributed by atoms with Gasteiger partial charge in [-0.15, -0.1) is 0 Å². The molecular weight excluding hydrogens is 232 g/mol. The van der Waals surface area contributed by atoms with Crippen molar-refractivity contribution in [3.8, 4) is 11.1 Å². The molecule has 1 nitrogen and oxygen atoms in total. The number of rotatable bonds is 4. The van der Waals surface area contributed by atoms with Crippen molar-refractivity contribution >= 4 is 0 Å². The van der Waals surface area contributed by atoms with Crippen molar-refractivity contribution in [1.82, 2.24) is 0 Å². The van der Waals surface area contributed by atoms with E-state index in [-0.39, 0.29) is 0 Å². The van der Waals surface area contributed by atoms with Gasteiger partial charge in [-0.3, -0.25) is 0 Å². The summed E-state index contributed by atoms with van der Waals surface area (Å²) in [7, 11) is 0. The highest BCUT2D eigenvalue weighted by molar-refractivity contribution is 5.64. The lowest BCUT2D eigenvalue weighted by Crippen LogP contribution is -1.92. The minimum absolute atomic E-state index is 0.417. The third-order valence-corrected chi connectivity index (χ3v) is 3.79. The van der Waals surface area contributed by atoms with Crippen molar-refractivity contribution < 1.29 is 5.11 Å². The van der Waals surface area contributed by atoms with Crippen molar-refractivity contribution in [2.75, 3.05) is 0 Å². The Labute approximate surface area is 115 Å². The summed E-state index contributed by atoms with van der Waals surface area (Å²) in [6.07, 6.45) is 0.746. The first-order valence-corrected chi connectivity index (χ1v) is 7.00. The third kappa shape index (κ3) is 3.24. The van der Waals surface area contributed by atoms with E-state index in [1.54, 1.807) is 6.92 Å². The summed E-state index contributed by atoms with van der Waals surface area (Å²) in [6, 6.07) is 16.9. The van der Waals surface area contributed by atoms with E-state index in [2.05, 4.69) is 50.2 Å². The molecule has 2 atom stereocenters. The van der Waals surface area contributed by atoms with E-state index in [0.717, 1.165) is 17.5 Å². The molecular formula is C18H22O. The van der Waals surface area contributed by atoms with Gasteiger partial charge < -0.3 is 5.11 Å². The van der Waals surface area contributed by atoms with Gasteiger partial charge in [0.05, 0.1) is 6.10 Å². The first-order valence-electron chi connectivity index (χ1n) is 7.00. The third-order valence-electron chi connectivity index (χ3n) is 3.79. The van der Waals surface area contributed by atoms with Crippen molar-refractivity contribution in [3.05, 3.63) is 59.7 Å². The van der Waals surface area contributed by atoms with E-state index in [0.29, 0.717) is 5.92 Å². The molecule has 0 aromatic heterocycles. The monoisotopic (exact) mass is 254 g/mol. The summed E-state index contributed by atoms with van der Waals surface area (Å²) < 4.78 is 0. The van der Waals surface area contributed by atoms with Crippen LogP contribution in [-0.4, -0.2) is 5.11 Å². The molecule has 0 aliphatic rings. The lowest BCUT2D eigenvalue weighted by Gasteiger charge is -2.11. The SMILES string of the molecule is CCC(C)c1ccc(-c2cccc(C(C)O)c2)cc1. The molecule has 2 aromatic rings. The number of benzene rings is 2. The summed E-state index contributed by atoms with van der Waals surface area (Å²) in [4.78, 5) is 0. The maximum Gasteiger partial charge on any atom is 0.0762 e. The first-order chi connectivity index (χ1) is 9.11. The maximum atomic E-state index is 9.64. The first kappa shape index (κ1) is 13.8. The van der Waals surface area contributed by atoms with Crippen LogP contribution in [0.5, 0.6) is 0 Å². The average Bonchev–Trinajstić information content (AvgIpc) is 2.46. The van der Waals surface area contributed by atoms with Crippen molar-refractivity contribution in [2.45, 2.75) is 39.2 Å². The fourth-order valence-corrected chi connectivity index (χ4v) is 2.22. The molecule has 0 aliphatic carbocycles. The van der Waals surface area contributed by atoms with E-state index in [1.165, 1.54) is 11.1 Å². The summed E-state index contributed by atoms with van der Waals surface area (Å²) in [5.41, 5.74) is 4.71. The highest BCUT2D eigenvalue weighted by atomic mass is 16.3. The molecule has 2 aromatic carbocycles. The molecule has 0 saturated heterocycles. The van der Waals surface area contributed by atoms with E-state index >= 15 is 0 Å². The van der Waals surface area contributed by atoms with Crippen LogP contribution >= 0.6 is 0 Å². The normalized spacial score (nSPS) is 14.1. The van der Waals surface area contributed by atoms with Gasteiger partial charge in [0.25, 0.3) is 0 Å². The number of aliphatic hydroxyl groups excluding tert-OH is 1. The molecule has 100 valence electrons. The standard InChI is InChI=1S/C18H22O/c1-4-13(2)15-8-10-16(11-9-15)18-7-5-6-17(12-18)14(3)19/h5-14,19H,4H2,1-3H3. The van der Waals surface area contributed by atoms with Crippen molar-refractivity contribution in [3.63, 3.8) is 0 Å². The van der Waals surface area contributed by atoms with Crippen LogP contribution in [0.25, 0.3) is 11.1 Å². The summed E-state index contributed by atoms with van der Waals surface area (Å²) in [6.45, 7) is 6.26. The lowest BCUT2D eigenvalue weighted by atomic mass is 9.95. The van der Waals surface area contributed by atoms with E-state index in [1.807, 2.05) is 12.1 Å². The highest BCUT2D eigenvalue weighted by Crippen LogP contribution is 2.26. The van der Waals surface area contributed by atoms with Gasteiger partial charge in [-0.1, -0.05) is 56.3 Å². The second-order valence-corrected chi connectivity index (χ2v) is 5.23. The summed E-state index contributed by atoms with van der Waals surface area (Å²) in [5, 5.41) is 9.64. The van der Waals surface area contributed by atoms with Gasteiger partial charge >= 0.3 is 0 Å². The van der Waals surface area contributed by atoms with Crippen LogP contribution in [0.2, 0.25) is 0 Å². The molecule has 0 fully saturated rings. The number of aliphatic hydroxyl groups is 1. The van der Waals surface area contributed by atoms with Gasteiger partial charge in [0, 0.05) is 0 Å². The largest absolute Gasteiger partial charge is 0.389 e. The molecule has 0 radical (unpaired) electrons. The zero-order chi connectivity index (χ0) is 13.8. The van der Waals surface area contributed by atoms with Crippen LogP contribution in [0, 0.1) is 0 Å². The Morgan fingerprint density at radius 3 is 2.16 bits per heavy atom. The van der Waals surface area contributed by atoms with Crippen LogP contribution in [0.1, 0.15) is 50.3 Å². The number of hydrogen-bond donors (Lipinski definition) is 1. The second-order valence-electron chi connectivity index (χ2n) is 5.23. The smallest absolute Gasteiger partial charge is 0.0762 e. The highest BCUT2D eigenvalue weighted by Gasteiger charge is 2.05. The Balaban J connectivity index is 2.29. The molecule has 2 rings (SSSR count).